The second kappa shape index (κ2) is 7.63. The summed E-state index contributed by atoms with van der Waals surface area (Å²) >= 11 is 0. The summed E-state index contributed by atoms with van der Waals surface area (Å²) in [4.78, 5) is 36.0. The zero-order valence-electron chi connectivity index (χ0n) is 19.2. The summed E-state index contributed by atoms with van der Waals surface area (Å²) in [5.41, 5.74) is 0.0284. The van der Waals surface area contributed by atoms with E-state index in [2.05, 4.69) is 13.8 Å². The van der Waals surface area contributed by atoms with E-state index < -0.39 is 0 Å². The minimum Gasteiger partial charge on any atom is -0.463 e. The number of carbonyl (C=O) groups excluding carboxylic acids is 3. The second-order valence-corrected chi connectivity index (χ2v) is 11.2. The van der Waals surface area contributed by atoms with E-state index in [1.807, 2.05) is 0 Å². The first-order chi connectivity index (χ1) is 14.1. The van der Waals surface area contributed by atoms with Gasteiger partial charge in [0.2, 0.25) is 0 Å². The van der Waals surface area contributed by atoms with Gasteiger partial charge in [-0.15, -0.1) is 0 Å². The summed E-state index contributed by atoms with van der Waals surface area (Å²) in [6.07, 6.45) is 7.88. The van der Waals surface area contributed by atoms with Gasteiger partial charge in [0.15, 0.2) is 0 Å². The average Bonchev–Trinajstić information content (AvgIpc) is 2.97. The van der Waals surface area contributed by atoms with Crippen LogP contribution >= 0.6 is 0 Å². The molecule has 4 aliphatic rings. The number of rotatable bonds is 3. The van der Waals surface area contributed by atoms with Gasteiger partial charge in [0.25, 0.3) is 0 Å². The van der Waals surface area contributed by atoms with E-state index in [-0.39, 0.29) is 40.9 Å². The molecule has 0 aromatic rings. The van der Waals surface area contributed by atoms with E-state index in [0.29, 0.717) is 29.5 Å². The molecule has 0 aromatic carbocycles. The van der Waals surface area contributed by atoms with Crippen LogP contribution in [-0.2, 0) is 23.9 Å². The predicted octanol–water partition coefficient (Wildman–Crippen LogP) is 4.71. The topological polar surface area (TPSA) is 69.7 Å². The summed E-state index contributed by atoms with van der Waals surface area (Å²) < 4.78 is 11.6. The van der Waals surface area contributed by atoms with Gasteiger partial charge in [-0.3, -0.25) is 14.4 Å². The fourth-order valence-electron chi connectivity index (χ4n) is 8.64. The van der Waals surface area contributed by atoms with Crippen molar-refractivity contribution in [3.63, 3.8) is 0 Å². The molecule has 0 heterocycles. The fourth-order valence-corrected chi connectivity index (χ4v) is 8.64. The smallest absolute Gasteiger partial charge is 0.302 e. The van der Waals surface area contributed by atoms with E-state index in [1.165, 1.54) is 13.8 Å². The molecule has 0 amide bonds. The number of ether oxygens (including phenoxy) is 2. The van der Waals surface area contributed by atoms with Crippen LogP contribution in [0, 0.1) is 40.4 Å². The highest BCUT2D eigenvalue weighted by Gasteiger charge is 2.64. The molecule has 0 bridgehead atoms. The molecule has 30 heavy (non-hydrogen) atoms. The standard InChI is InChI=1S/C25H38O5/c1-14(26)20-8-9-21-19-7-6-17-12-18(29-15(2)27)10-11-24(17,4)23(19)22(30-16(3)28)13-25(20,21)5/h17-23H,6-13H2,1-5H3. The number of fused-ring (bicyclic) bond motifs is 5. The van der Waals surface area contributed by atoms with Crippen molar-refractivity contribution >= 4 is 17.7 Å². The zero-order chi connectivity index (χ0) is 21.8. The minimum absolute atomic E-state index is 0.0201. The van der Waals surface area contributed by atoms with E-state index in [9.17, 15) is 14.4 Å². The van der Waals surface area contributed by atoms with Gasteiger partial charge < -0.3 is 9.47 Å². The SMILES string of the molecule is CC(=O)OC1CCC2(C)C(CCC3C4CCC(C(C)=O)C4(C)CC(OC(C)=O)C32)C1. The first-order valence-electron chi connectivity index (χ1n) is 11.9. The van der Waals surface area contributed by atoms with Crippen LogP contribution in [0.1, 0.15) is 86.0 Å². The van der Waals surface area contributed by atoms with Crippen molar-refractivity contribution in [1.82, 2.24) is 0 Å². The van der Waals surface area contributed by atoms with Gasteiger partial charge in [0, 0.05) is 25.7 Å². The van der Waals surface area contributed by atoms with Crippen molar-refractivity contribution in [3.05, 3.63) is 0 Å². The van der Waals surface area contributed by atoms with E-state index in [1.54, 1.807) is 6.92 Å². The molecule has 9 atom stereocenters. The summed E-state index contributed by atoms with van der Waals surface area (Å²) in [7, 11) is 0. The Labute approximate surface area is 180 Å². The number of hydrogen-bond acceptors (Lipinski definition) is 5. The monoisotopic (exact) mass is 418 g/mol. The maximum atomic E-state index is 12.5. The fraction of sp³-hybridized carbons (Fsp3) is 0.880. The third-order valence-corrected chi connectivity index (χ3v) is 9.66. The summed E-state index contributed by atoms with van der Waals surface area (Å²) in [6, 6.07) is 0. The molecule has 4 aliphatic carbocycles. The quantitative estimate of drug-likeness (QED) is 0.621. The third kappa shape index (κ3) is 3.40. The van der Waals surface area contributed by atoms with Crippen molar-refractivity contribution in [2.45, 2.75) is 98.2 Å². The molecule has 0 N–H and O–H groups in total. The van der Waals surface area contributed by atoms with Crippen molar-refractivity contribution in [1.29, 1.82) is 0 Å². The van der Waals surface area contributed by atoms with Crippen LogP contribution in [-0.4, -0.2) is 29.9 Å². The molecule has 5 heteroatoms. The van der Waals surface area contributed by atoms with Crippen LogP contribution in [0.15, 0.2) is 0 Å². The summed E-state index contributed by atoms with van der Waals surface area (Å²) in [6.45, 7) is 9.43. The predicted molar refractivity (Wildman–Crippen MR) is 112 cm³/mol. The molecular weight excluding hydrogens is 380 g/mol. The van der Waals surface area contributed by atoms with Crippen LogP contribution in [0.25, 0.3) is 0 Å². The first-order valence-corrected chi connectivity index (χ1v) is 11.9. The molecule has 5 nitrogen and oxygen atoms in total. The molecule has 0 radical (unpaired) electrons. The van der Waals surface area contributed by atoms with Crippen molar-refractivity contribution < 1.29 is 23.9 Å². The van der Waals surface area contributed by atoms with Gasteiger partial charge in [-0.1, -0.05) is 13.8 Å². The van der Waals surface area contributed by atoms with Gasteiger partial charge >= 0.3 is 11.9 Å². The van der Waals surface area contributed by atoms with Gasteiger partial charge in [0.1, 0.15) is 18.0 Å². The van der Waals surface area contributed by atoms with Crippen LogP contribution in [0.2, 0.25) is 0 Å². The van der Waals surface area contributed by atoms with Crippen LogP contribution in [0.5, 0.6) is 0 Å². The van der Waals surface area contributed by atoms with E-state index in [0.717, 1.165) is 51.4 Å². The summed E-state index contributed by atoms with van der Waals surface area (Å²) in [5, 5.41) is 0. The van der Waals surface area contributed by atoms with Gasteiger partial charge in [-0.05, 0) is 86.9 Å². The number of ketones is 1. The van der Waals surface area contributed by atoms with E-state index in [4.69, 9.17) is 9.47 Å². The third-order valence-electron chi connectivity index (χ3n) is 9.66. The molecule has 4 rings (SSSR count). The maximum Gasteiger partial charge on any atom is 0.302 e. The normalized spacial score (nSPS) is 47.4. The number of Topliss-reactive ketones (excluding diaryl/α,β-unsaturated/α-hetero) is 1. The Bertz CT molecular complexity index is 731. The molecule has 0 spiro atoms. The van der Waals surface area contributed by atoms with E-state index >= 15 is 0 Å². The highest BCUT2D eigenvalue weighted by molar-refractivity contribution is 5.79. The lowest BCUT2D eigenvalue weighted by Crippen LogP contribution is -2.60. The van der Waals surface area contributed by atoms with Crippen LogP contribution in [0.4, 0.5) is 0 Å². The van der Waals surface area contributed by atoms with Crippen LogP contribution in [0.3, 0.4) is 0 Å². The largest absolute Gasteiger partial charge is 0.463 e. The Kier molecular flexibility index (Phi) is 5.55. The highest BCUT2D eigenvalue weighted by atomic mass is 16.5. The zero-order valence-corrected chi connectivity index (χ0v) is 19.2. The average molecular weight is 419 g/mol. The second-order valence-electron chi connectivity index (χ2n) is 11.2. The van der Waals surface area contributed by atoms with Gasteiger partial charge in [-0.25, -0.2) is 0 Å². The van der Waals surface area contributed by atoms with Crippen molar-refractivity contribution in [2.24, 2.45) is 40.4 Å². The molecule has 0 saturated heterocycles. The Morgan fingerprint density at radius 1 is 0.833 bits per heavy atom. The Morgan fingerprint density at radius 3 is 2.17 bits per heavy atom. The van der Waals surface area contributed by atoms with Gasteiger partial charge in [-0.2, -0.15) is 0 Å². The molecule has 4 saturated carbocycles. The van der Waals surface area contributed by atoms with Crippen molar-refractivity contribution in [2.75, 3.05) is 0 Å². The highest BCUT2D eigenvalue weighted by Crippen LogP contribution is 2.68. The number of esters is 2. The number of hydrogen-bond donors (Lipinski definition) is 0. The first kappa shape index (κ1) is 21.8. The minimum atomic E-state index is -0.211. The maximum absolute atomic E-state index is 12.5. The molecule has 168 valence electrons. The molecule has 0 aliphatic heterocycles. The lowest BCUT2D eigenvalue weighted by atomic mass is 9.43. The van der Waals surface area contributed by atoms with Crippen molar-refractivity contribution in [3.8, 4) is 0 Å². The molecular formula is C25H38O5. The Hall–Kier alpha value is -1.39. The lowest BCUT2D eigenvalue weighted by molar-refractivity contribution is -0.200. The number of carbonyl (C=O) groups is 3. The Balaban J connectivity index is 1.66. The molecule has 9 unspecified atom stereocenters. The van der Waals surface area contributed by atoms with Gasteiger partial charge in [0.05, 0.1) is 0 Å². The molecule has 4 fully saturated rings. The van der Waals surface area contributed by atoms with Crippen LogP contribution < -0.4 is 0 Å². The lowest BCUT2D eigenvalue weighted by Gasteiger charge is -2.62. The summed E-state index contributed by atoms with van der Waals surface area (Å²) in [5.74, 6) is 1.85. The molecule has 0 aromatic heterocycles. The Morgan fingerprint density at radius 2 is 1.53 bits per heavy atom.